The third kappa shape index (κ3) is 3.20. The maximum absolute atomic E-state index is 8.74. The van der Waals surface area contributed by atoms with Crippen LogP contribution < -0.4 is 0 Å². The Kier molecular flexibility index (Phi) is 3.66. The third-order valence-electron chi connectivity index (χ3n) is 3.15. The lowest BCUT2D eigenvalue weighted by Gasteiger charge is -2.19. The lowest BCUT2D eigenvalue weighted by atomic mass is 9.86. The van der Waals surface area contributed by atoms with Crippen molar-refractivity contribution in [1.82, 2.24) is 4.98 Å². The van der Waals surface area contributed by atoms with Crippen LogP contribution >= 0.6 is 0 Å². The number of benzene rings is 1. The van der Waals surface area contributed by atoms with Crippen LogP contribution in [0.3, 0.4) is 0 Å². The van der Waals surface area contributed by atoms with Crippen molar-refractivity contribution in [2.45, 2.75) is 32.6 Å². The second-order valence-corrected chi connectivity index (χ2v) is 5.71. The fourth-order valence-electron chi connectivity index (χ4n) is 1.97. The van der Waals surface area contributed by atoms with Crippen molar-refractivity contribution in [2.24, 2.45) is 0 Å². The normalized spacial score (nSPS) is 11.1. The van der Waals surface area contributed by atoms with Gasteiger partial charge in [0.1, 0.15) is 0 Å². The Morgan fingerprint density at radius 2 is 1.79 bits per heavy atom. The van der Waals surface area contributed by atoms with E-state index in [-0.39, 0.29) is 5.41 Å². The molecule has 0 N–H and O–H groups in total. The number of hydrogen-bond acceptors (Lipinski definition) is 2. The Morgan fingerprint density at radius 3 is 2.37 bits per heavy atom. The highest BCUT2D eigenvalue weighted by Gasteiger charge is 2.13. The van der Waals surface area contributed by atoms with Crippen LogP contribution in [0.1, 0.15) is 31.9 Å². The molecule has 0 unspecified atom stereocenters. The first-order valence-electron chi connectivity index (χ1n) is 6.43. The van der Waals surface area contributed by atoms with Crippen LogP contribution in [0.25, 0.3) is 11.3 Å². The van der Waals surface area contributed by atoms with Gasteiger partial charge in [-0.2, -0.15) is 5.26 Å². The van der Waals surface area contributed by atoms with Crippen LogP contribution in [0.15, 0.2) is 42.6 Å². The topological polar surface area (TPSA) is 36.7 Å². The van der Waals surface area contributed by atoms with Gasteiger partial charge < -0.3 is 0 Å². The van der Waals surface area contributed by atoms with Crippen molar-refractivity contribution in [3.8, 4) is 17.3 Å². The minimum Gasteiger partial charge on any atom is -0.256 e. The second kappa shape index (κ2) is 5.24. The summed E-state index contributed by atoms with van der Waals surface area (Å²) in [5, 5.41) is 8.74. The zero-order valence-corrected chi connectivity index (χ0v) is 11.6. The van der Waals surface area contributed by atoms with E-state index in [0.29, 0.717) is 6.42 Å². The summed E-state index contributed by atoms with van der Waals surface area (Å²) in [4.78, 5) is 4.37. The standard InChI is InChI=1S/C17H18N2/c1-17(2,3)15-6-4-14(5-7-15)16-12-13(8-10-18)9-11-19-16/h4-7,9,11-12H,8H2,1-3H3. The predicted molar refractivity (Wildman–Crippen MR) is 77.7 cm³/mol. The van der Waals surface area contributed by atoms with Crippen molar-refractivity contribution in [2.75, 3.05) is 0 Å². The van der Waals surface area contributed by atoms with E-state index >= 15 is 0 Å². The Morgan fingerprint density at radius 1 is 1.11 bits per heavy atom. The molecule has 0 aliphatic heterocycles. The van der Waals surface area contributed by atoms with Gasteiger partial charge in [0.2, 0.25) is 0 Å². The second-order valence-electron chi connectivity index (χ2n) is 5.71. The Labute approximate surface area is 114 Å². The van der Waals surface area contributed by atoms with Gasteiger partial charge in [-0.1, -0.05) is 45.0 Å². The highest BCUT2D eigenvalue weighted by Crippen LogP contribution is 2.25. The number of pyridine rings is 1. The van der Waals surface area contributed by atoms with Crippen LogP contribution in [0, 0.1) is 11.3 Å². The lowest BCUT2D eigenvalue weighted by molar-refractivity contribution is 0.590. The molecule has 1 aromatic heterocycles. The van der Waals surface area contributed by atoms with Gasteiger partial charge in [-0.15, -0.1) is 0 Å². The molecule has 0 aliphatic rings. The smallest absolute Gasteiger partial charge is 0.0705 e. The van der Waals surface area contributed by atoms with Crippen molar-refractivity contribution in [1.29, 1.82) is 5.26 Å². The summed E-state index contributed by atoms with van der Waals surface area (Å²) >= 11 is 0. The van der Waals surface area contributed by atoms with Gasteiger partial charge in [0.25, 0.3) is 0 Å². The van der Waals surface area contributed by atoms with Gasteiger partial charge in [0.05, 0.1) is 18.2 Å². The van der Waals surface area contributed by atoms with Crippen molar-refractivity contribution in [3.05, 3.63) is 53.7 Å². The molecule has 1 heterocycles. The van der Waals surface area contributed by atoms with Crippen LogP contribution in [0.4, 0.5) is 0 Å². The first-order valence-corrected chi connectivity index (χ1v) is 6.43. The van der Waals surface area contributed by atoms with Crippen molar-refractivity contribution in [3.63, 3.8) is 0 Å². The molecule has 2 heteroatoms. The summed E-state index contributed by atoms with van der Waals surface area (Å²) in [5.74, 6) is 0. The molecule has 0 fully saturated rings. The highest BCUT2D eigenvalue weighted by atomic mass is 14.7. The average Bonchev–Trinajstić information content (AvgIpc) is 2.39. The zero-order chi connectivity index (χ0) is 13.9. The summed E-state index contributed by atoms with van der Waals surface area (Å²) in [6.45, 7) is 6.61. The molecule has 0 atom stereocenters. The van der Waals surface area contributed by atoms with Gasteiger partial charge in [-0.3, -0.25) is 4.98 Å². The molecule has 1 aromatic carbocycles. The molecule has 0 saturated carbocycles. The fourth-order valence-corrected chi connectivity index (χ4v) is 1.97. The van der Waals surface area contributed by atoms with E-state index in [1.165, 1.54) is 5.56 Å². The number of hydrogen-bond donors (Lipinski definition) is 0. The van der Waals surface area contributed by atoms with E-state index in [2.05, 4.69) is 56.1 Å². The minimum absolute atomic E-state index is 0.161. The quantitative estimate of drug-likeness (QED) is 0.804. The van der Waals surface area contributed by atoms with E-state index in [4.69, 9.17) is 5.26 Å². The largest absolute Gasteiger partial charge is 0.256 e. The van der Waals surface area contributed by atoms with E-state index in [0.717, 1.165) is 16.8 Å². The zero-order valence-electron chi connectivity index (χ0n) is 11.6. The number of nitrogens with zero attached hydrogens (tertiary/aromatic N) is 2. The fraction of sp³-hybridized carbons (Fsp3) is 0.294. The summed E-state index contributed by atoms with van der Waals surface area (Å²) in [6.07, 6.45) is 2.19. The van der Waals surface area contributed by atoms with E-state index in [1.54, 1.807) is 6.20 Å². The first-order chi connectivity index (χ1) is 9.00. The highest BCUT2D eigenvalue weighted by molar-refractivity contribution is 5.60. The molecule has 19 heavy (non-hydrogen) atoms. The molecule has 0 bridgehead atoms. The monoisotopic (exact) mass is 250 g/mol. The lowest BCUT2D eigenvalue weighted by Crippen LogP contribution is -2.10. The van der Waals surface area contributed by atoms with Gasteiger partial charge in [-0.05, 0) is 28.7 Å². The molecule has 96 valence electrons. The van der Waals surface area contributed by atoms with E-state index in [9.17, 15) is 0 Å². The van der Waals surface area contributed by atoms with Gasteiger partial charge in [-0.25, -0.2) is 0 Å². The minimum atomic E-state index is 0.161. The van der Waals surface area contributed by atoms with Gasteiger partial charge >= 0.3 is 0 Å². The Balaban J connectivity index is 2.32. The molecule has 0 radical (unpaired) electrons. The molecular weight excluding hydrogens is 232 g/mol. The van der Waals surface area contributed by atoms with Gasteiger partial charge in [0, 0.05) is 11.8 Å². The van der Waals surface area contributed by atoms with Crippen molar-refractivity contribution < 1.29 is 0 Å². The van der Waals surface area contributed by atoms with Crippen LogP contribution in [-0.2, 0) is 11.8 Å². The summed E-state index contributed by atoms with van der Waals surface area (Å²) in [6, 6.07) is 14.5. The third-order valence-corrected chi connectivity index (χ3v) is 3.15. The maximum atomic E-state index is 8.74. The number of aromatic nitrogens is 1. The summed E-state index contributed by atoms with van der Waals surface area (Å²) < 4.78 is 0. The first kappa shape index (κ1) is 13.3. The Bertz CT molecular complexity index is 598. The molecule has 0 amide bonds. The molecule has 2 aromatic rings. The van der Waals surface area contributed by atoms with Crippen LogP contribution in [0.2, 0.25) is 0 Å². The molecule has 2 nitrogen and oxygen atoms in total. The average molecular weight is 250 g/mol. The molecule has 0 aliphatic carbocycles. The number of rotatable bonds is 2. The van der Waals surface area contributed by atoms with Gasteiger partial charge in [0.15, 0.2) is 0 Å². The molecule has 0 saturated heterocycles. The summed E-state index contributed by atoms with van der Waals surface area (Å²) in [5.41, 5.74) is 4.49. The Hall–Kier alpha value is -2.14. The van der Waals surface area contributed by atoms with E-state index < -0.39 is 0 Å². The predicted octanol–water partition coefficient (Wildman–Crippen LogP) is 4.11. The molecular formula is C17H18N2. The summed E-state index contributed by atoms with van der Waals surface area (Å²) in [7, 11) is 0. The van der Waals surface area contributed by atoms with Crippen LogP contribution in [0.5, 0.6) is 0 Å². The maximum Gasteiger partial charge on any atom is 0.0705 e. The van der Waals surface area contributed by atoms with E-state index in [1.807, 2.05) is 12.1 Å². The van der Waals surface area contributed by atoms with Crippen molar-refractivity contribution >= 4 is 0 Å². The van der Waals surface area contributed by atoms with Crippen LogP contribution in [-0.4, -0.2) is 4.98 Å². The molecule has 2 rings (SSSR count). The SMILES string of the molecule is CC(C)(C)c1ccc(-c2cc(CC#N)ccn2)cc1. The number of nitriles is 1. The molecule has 0 spiro atoms.